The standard InChI is InChI=1S/C46H80NO13P/c1-3-5-7-8-9-10-11-12-13-14-15-16-17-18-19-20-21-22-24-29-44(51)57-34-38(35-58-61(55,56)59-36-41(47)46(53)54)60-45(52)30-26-25-28-39-40(43(50)33-42(39)49)32-31-37(48)27-23-6-4-2/h9-10,12-13,25-26,31-32,37-43,48-50H,3-8,11,14-24,27-30,33-36,47H2,1-2H3,(H,53,54)(H,55,56)/b10-9-,13-12-,26-25-,32-31+/t37-,38-,39+,40-,41+,42+,43-/m1/s1. The molecule has 1 aliphatic rings. The molecular formula is C46H80NO13P. The molecule has 0 aromatic heterocycles. The summed E-state index contributed by atoms with van der Waals surface area (Å²) in [5.74, 6) is -3.44. The van der Waals surface area contributed by atoms with Crippen LogP contribution in [0, 0.1) is 11.8 Å². The molecule has 0 heterocycles. The second kappa shape index (κ2) is 35.7. The first-order valence-electron chi connectivity index (χ1n) is 22.9. The number of phosphoric acid groups is 1. The minimum absolute atomic E-state index is 0.150. The lowest BCUT2D eigenvalue weighted by atomic mass is 9.89. The Labute approximate surface area is 365 Å². The van der Waals surface area contributed by atoms with Crippen molar-refractivity contribution in [2.75, 3.05) is 19.8 Å². The van der Waals surface area contributed by atoms with Crippen molar-refractivity contribution in [3.63, 3.8) is 0 Å². The molecule has 1 saturated carbocycles. The summed E-state index contributed by atoms with van der Waals surface area (Å²) in [4.78, 5) is 46.3. The Morgan fingerprint density at radius 1 is 0.738 bits per heavy atom. The van der Waals surface area contributed by atoms with E-state index in [2.05, 4.69) is 42.7 Å². The number of nitrogens with two attached hydrogens (primary N) is 1. The molecular weight excluding hydrogens is 805 g/mol. The molecule has 0 spiro atoms. The van der Waals surface area contributed by atoms with Gasteiger partial charge in [0.1, 0.15) is 12.6 Å². The number of rotatable bonds is 38. The van der Waals surface area contributed by atoms with Crippen molar-refractivity contribution in [1.29, 1.82) is 0 Å². The molecule has 1 fully saturated rings. The smallest absolute Gasteiger partial charge is 0.472 e. The summed E-state index contributed by atoms with van der Waals surface area (Å²) in [6.07, 6.45) is 33.0. The highest BCUT2D eigenvalue weighted by Gasteiger charge is 2.39. The van der Waals surface area contributed by atoms with Crippen molar-refractivity contribution >= 4 is 25.7 Å². The van der Waals surface area contributed by atoms with Crippen molar-refractivity contribution in [2.45, 2.75) is 192 Å². The third kappa shape index (κ3) is 30.1. The fraction of sp³-hybridized carbons (Fsp3) is 0.761. The molecule has 7 N–H and O–H groups in total. The number of unbranched alkanes of at least 4 members (excludes halogenated alkanes) is 14. The van der Waals surface area contributed by atoms with Gasteiger partial charge in [-0.05, 0) is 57.3 Å². The lowest BCUT2D eigenvalue weighted by Crippen LogP contribution is -2.34. The second-order valence-electron chi connectivity index (χ2n) is 16.2. The van der Waals surface area contributed by atoms with Crippen LogP contribution in [0.5, 0.6) is 0 Å². The summed E-state index contributed by atoms with van der Waals surface area (Å²) in [5.41, 5.74) is 5.33. The highest BCUT2D eigenvalue weighted by atomic mass is 31.2. The number of aliphatic hydroxyl groups excluding tert-OH is 3. The number of allylic oxidation sites excluding steroid dienone is 5. The van der Waals surface area contributed by atoms with Crippen LogP contribution >= 0.6 is 7.82 Å². The van der Waals surface area contributed by atoms with Crippen molar-refractivity contribution in [3.8, 4) is 0 Å². The minimum Gasteiger partial charge on any atom is -0.480 e. The Kier molecular flexibility index (Phi) is 33.0. The van der Waals surface area contributed by atoms with Gasteiger partial charge in [0.15, 0.2) is 6.10 Å². The maximum Gasteiger partial charge on any atom is 0.472 e. The highest BCUT2D eigenvalue weighted by molar-refractivity contribution is 7.47. The number of aliphatic carboxylic acids is 1. The molecule has 0 aromatic rings. The molecule has 0 radical (unpaired) electrons. The number of carbonyl (C=O) groups is 3. The summed E-state index contributed by atoms with van der Waals surface area (Å²) in [7, 11) is -4.81. The predicted molar refractivity (Wildman–Crippen MR) is 237 cm³/mol. The lowest BCUT2D eigenvalue weighted by Gasteiger charge is -2.20. The molecule has 61 heavy (non-hydrogen) atoms. The zero-order valence-electron chi connectivity index (χ0n) is 37.1. The molecule has 352 valence electrons. The second-order valence-corrected chi connectivity index (χ2v) is 17.6. The molecule has 0 aromatic carbocycles. The number of carbonyl (C=O) groups excluding carboxylic acids is 2. The average molecular weight is 886 g/mol. The Morgan fingerprint density at radius 2 is 1.33 bits per heavy atom. The fourth-order valence-electron chi connectivity index (χ4n) is 6.95. The zero-order valence-corrected chi connectivity index (χ0v) is 38.0. The van der Waals surface area contributed by atoms with E-state index in [9.17, 15) is 39.2 Å². The summed E-state index contributed by atoms with van der Waals surface area (Å²) in [6, 6.07) is -1.58. The van der Waals surface area contributed by atoms with Gasteiger partial charge >= 0.3 is 25.7 Å². The topological polar surface area (TPSA) is 232 Å². The molecule has 0 amide bonds. The first-order valence-corrected chi connectivity index (χ1v) is 24.4. The predicted octanol–water partition coefficient (Wildman–Crippen LogP) is 8.55. The van der Waals surface area contributed by atoms with Gasteiger partial charge in [0, 0.05) is 18.8 Å². The Hall–Kier alpha value is -2.68. The molecule has 1 aliphatic carbocycles. The van der Waals surface area contributed by atoms with Crippen LogP contribution in [-0.2, 0) is 37.5 Å². The quantitative estimate of drug-likeness (QED) is 0.0148. The van der Waals surface area contributed by atoms with Crippen LogP contribution in [0.15, 0.2) is 48.6 Å². The highest BCUT2D eigenvalue weighted by Crippen LogP contribution is 2.43. The van der Waals surface area contributed by atoms with Crippen molar-refractivity contribution in [3.05, 3.63) is 48.6 Å². The maximum absolute atomic E-state index is 12.8. The third-order valence-electron chi connectivity index (χ3n) is 10.7. The van der Waals surface area contributed by atoms with Gasteiger partial charge < -0.3 is 40.5 Å². The maximum atomic E-state index is 12.8. The van der Waals surface area contributed by atoms with E-state index >= 15 is 0 Å². The molecule has 0 bridgehead atoms. The van der Waals surface area contributed by atoms with Gasteiger partial charge in [0.05, 0.1) is 37.9 Å². The molecule has 8 atom stereocenters. The molecule has 1 rings (SSSR count). The minimum atomic E-state index is -4.81. The number of phosphoric ester groups is 1. The average Bonchev–Trinajstić information content (AvgIpc) is 3.49. The Balaban J connectivity index is 2.50. The number of esters is 2. The monoisotopic (exact) mass is 886 g/mol. The lowest BCUT2D eigenvalue weighted by molar-refractivity contribution is -0.160. The SMILES string of the molecule is CCCCC/C=C\C/C=C\CCCCCCCCCCCC(=O)OC[C@H](COP(=O)(O)OC[C@H](N)C(=O)O)OC(=O)C/C=C\C[C@H]1[C@@H](/C=C/[C@H](O)CCCCC)[C@H](O)C[C@@H]1O. The summed E-state index contributed by atoms with van der Waals surface area (Å²) < 4.78 is 32.7. The van der Waals surface area contributed by atoms with Gasteiger partial charge in [-0.25, -0.2) is 4.57 Å². The zero-order chi connectivity index (χ0) is 45.1. The van der Waals surface area contributed by atoms with Gasteiger partial charge in [0.25, 0.3) is 0 Å². The van der Waals surface area contributed by atoms with E-state index in [-0.39, 0.29) is 31.1 Å². The molecule has 15 heteroatoms. The van der Waals surface area contributed by atoms with Gasteiger partial charge in [-0.1, -0.05) is 140 Å². The number of aliphatic hydroxyl groups is 3. The number of ether oxygens (including phenoxy) is 2. The third-order valence-corrected chi connectivity index (χ3v) is 11.6. The van der Waals surface area contributed by atoms with E-state index in [4.69, 9.17) is 24.8 Å². The molecule has 1 unspecified atom stereocenters. The Bertz CT molecular complexity index is 1340. The van der Waals surface area contributed by atoms with E-state index < -0.39 is 76.0 Å². The molecule has 0 aliphatic heterocycles. The van der Waals surface area contributed by atoms with Crippen molar-refractivity contribution < 1.29 is 62.8 Å². The molecule has 0 saturated heterocycles. The van der Waals surface area contributed by atoms with E-state index in [1.54, 1.807) is 18.2 Å². The van der Waals surface area contributed by atoms with Crippen LogP contribution in [0.3, 0.4) is 0 Å². The summed E-state index contributed by atoms with van der Waals surface area (Å²) >= 11 is 0. The van der Waals surface area contributed by atoms with Crippen LogP contribution in [0.25, 0.3) is 0 Å². The van der Waals surface area contributed by atoms with Gasteiger partial charge in [-0.2, -0.15) is 0 Å². The van der Waals surface area contributed by atoms with Crippen molar-refractivity contribution in [1.82, 2.24) is 0 Å². The van der Waals surface area contributed by atoms with Crippen LogP contribution in [0.1, 0.15) is 162 Å². The van der Waals surface area contributed by atoms with E-state index in [0.717, 1.165) is 57.8 Å². The number of carboxylic acid groups (broad SMARTS) is 1. The Morgan fingerprint density at radius 3 is 1.97 bits per heavy atom. The number of carboxylic acids is 1. The first kappa shape index (κ1) is 56.3. The van der Waals surface area contributed by atoms with E-state index in [0.29, 0.717) is 19.3 Å². The van der Waals surface area contributed by atoms with Crippen molar-refractivity contribution in [2.24, 2.45) is 17.6 Å². The van der Waals surface area contributed by atoms with E-state index in [1.807, 2.05) is 0 Å². The van der Waals surface area contributed by atoms with Crippen LogP contribution in [0.2, 0.25) is 0 Å². The normalized spacial score (nSPS) is 20.8. The first-order chi connectivity index (χ1) is 29.3. The number of hydrogen-bond acceptors (Lipinski definition) is 12. The molecule has 14 nitrogen and oxygen atoms in total. The fourth-order valence-corrected chi connectivity index (χ4v) is 7.73. The van der Waals surface area contributed by atoms with Crippen LogP contribution in [-0.4, -0.2) is 93.5 Å². The van der Waals surface area contributed by atoms with Gasteiger partial charge in [0.2, 0.25) is 0 Å². The van der Waals surface area contributed by atoms with E-state index in [1.165, 1.54) is 57.4 Å². The largest absolute Gasteiger partial charge is 0.480 e. The summed E-state index contributed by atoms with van der Waals surface area (Å²) in [5, 5.41) is 40.3. The van der Waals surface area contributed by atoms with Gasteiger partial charge in [-0.3, -0.25) is 23.4 Å². The van der Waals surface area contributed by atoms with Crippen LogP contribution in [0.4, 0.5) is 0 Å². The number of hydrogen-bond donors (Lipinski definition) is 6. The summed E-state index contributed by atoms with van der Waals surface area (Å²) in [6.45, 7) is 2.33. The van der Waals surface area contributed by atoms with Gasteiger partial charge in [-0.15, -0.1) is 0 Å². The van der Waals surface area contributed by atoms with Crippen LogP contribution < -0.4 is 5.73 Å².